The molecule has 1 aromatic carbocycles. The van der Waals surface area contributed by atoms with E-state index in [0.29, 0.717) is 16.9 Å². The molecule has 0 spiro atoms. The van der Waals surface area contributed by atoms with Crippen LogP contribution in [-0.2, 0) is 19.8 Å². The van der Waals surface area contributed by atoms with Crippen molar-refractivity contribution in [2.45, 2.75) is 19.6 Å². The number of carbonyl (C=O) groups excluding carboxylic acids is 1. The number of pyridine rings is 1. The third-order valence-corrected chi connectivity index (χ3v) is 3.92. The van der Waals surface area contributed by atoms with Crippen LogP contribution >= 0.6 is 0 Å². The van der Waals surface area contributed by atoms with Crippen molar-refractivity contribution in [1.82, 2.24) is 20.1 Å². The first-order chi connectivity index (χ1) is 12.2. The van der Waals surface area contributed by atoms with Crippen LogP contribution < -0.4 is 10.9 Å². The number of nitrogens with zero attached hydrogens (tertiary/aromatic N) is 2. The molecule has 0 atom stereocenters. The Morgan fingerprint density at radius 2 is 1.92 bits per heavy atom. The number of carbonyl (C=O) groups is 1. The zero-order valence-electron chi connectivity index (χ0n) is 13.9. The van der Waals surface area contributed by atoms with Crippen molar-refractivity contribution in [2.24, 2.45) is 7.05 Å². The van der Waals surface area contributed by atoms with Crippen molar-refractivity contribution in [1.29, 1.82) is 0 Å². The highest BCUT2D eigenvalue weighted by Gasteiger charge is 2.29. The molecule has 2 aromatic heterocycles. The quantitative estimate of drug-likeness (QED) is 0.750. The summed E-state index contributed by atoms with van der Waals surface area (Å²) in [4.78, 5) is 28.8. The minimum Gasteiger partial charge on any atom is -0.348 e. The van der Waals surface area contributed by atoms with E-state index in [4.69, 9.17) is 0 Å². The maximum absolute atomic E-state index is 12.6. The number of nitrogens with one attached hydrogen (secondary N) is 2. The lowest BCUT2D eigenvalue weighted by Gasteiger charge is -2.09. The molecule has 0 saturated carbocycles. The van der Waals surface area contributed by atoms with Gasteiger partial charge in [0.25, 0.3) is 11.5 Å². The first kappa shape index (κ1) is 17.7. The fourth-order valence-electron chi connectivity index (χ4n) is 2.65. The molecule has 3 aromatic rings. The summed E-state index contributed by atoms with van der Waals surface area (Å²) in [5.41, 5.74) is 0.405. The van der Waals surface area contributed by atoms with Gasteiger partial charge in [-0.05, 0) is 30.7 Å². The number of benzene rings is 1. The number of hydrogen-bond acceptors (Lipinski definition) is 3. The Labute approximate surface area is 145 Å². The second-order valence-corrected chi connectivity index (χ2v) is 5.89. The van der Waals surface area contributed by atoms with Crippen LogP contribution in [-0.4, -0.2) is 20.7 Å². The zero-order valence-corrected chi connectivity index (χ0v) is 13.9. The predicted molar refractivity (Wildman–Crippen MR) is 88.7 cm³/mol. The summed E-state index contributed by atoms with van der Waals surface area (Å²) in [6.07, 6.45) is -4.41. The minimum absolute atomic E-state index is 0.0323. The van der Waals surface area contributed by atoms with Gasteiger partial charge in [-0.3, -0.25) is 19.4 Å². The molecule has 0 aliphatic rings. The standard InChI is InChI=1S/C17H15F3N4O2/c1-9-7-12(13-14(22-9)24(2)23-16(13)26)15(25)21-8-10-3-5-11(6-4-10)17(18,19)20/h3-7H,8H2,1-2H3,(H,21,25)(H,23,26). The Kier molecular flexibility index (Phi) is 4.31. The van der Waals surface area contributed by atoms with Gasteiger partial charge in [0.1, 0.15) is 0 Å². The van der Waals surface area contributed by atoms with E-state index < -0.39 is 23.2 Å². The second kappa shape index (κ2) is 6.32. The fraction of sp³-hybridized carbons (Fsp3) is 0.235. The van der Waals surface area contributed by atoms with Crippen LogP contribution in [0.2, 0.25) is 0 Å². The number of aromatic nitrogens is 3. The summed E-state index contributed by atoms with van der Waals surface area (Å²) in [6, 6.07) is 6.01. The molecule has 2 heterocycles. The van der Waals surface area contributed by atoms with Crippen LogP contribution in [0.25, 0.3) is 11.0 Å². The molecule has 0 unspecified atom stereocenters. The summed E-state index contributed by atoms with van der Waals surface area (Å²) in [5.74, 6) is -0.503. The highest BCUT2D eigenvalue weighted by Crippen LogP contribution is 2.29. The van der Waals surface area contributed by atoms with Gasteiger partial charge >= 0.3 is 6.18 Å². The number of hydrogen-bond donors (Lipinski definition) is 2. The summed E-state index contributed by atoms with van der Waals surface area (Å²) in [5, 5.41) is 5.33. The normalized spacial score (nSPS) is 11.7. The van der Waals surface area contributed by atoms with Crippen molar-refractivity contribution >= 4 is 16.9 Å². The van der Waals surface area contributed by atoms with Crippen LogP contribution in [0.4, 0.5) is 13.2 Å². The van der Waals surface area contributed by atoms with Gasteiger partial charge in [0.2, 0.25) is 0 Å². The maximum Gasteiger partial charge on any atom is 0.416 e. The van der Waals surface area contributed by atoms with Gasteiger partial charge in [0, 0.05) is 19.3 Å². The summed E-state index contributed by atoms with van der Waals surface area (Å²) < 4.78 is 39.1. The molecule has 1 amide bonds. The van der Waals surface area contributed by atoms with E-state index in [-0.39, 0.29) is 17.5 Å². The molecule has 9 heteroatoms. The smallest absolute Gasteiger partial charge is 0.348 e. The minimum atomic E-state index is -4.41. The second-order valence-electron chi connectivity index (χ2n) is 5.89. The third-order valence-electron chi connectivity index (χ3n) is 3.92. The number of H-pyrrole nitrogens is 1. The molecule has 3 rings (SSSR count). The molecule has 136 valence electrons. The van der Waals surface area contributed by atoms with E-state index in [1.54, 1.807) is 14.0 Å². The number of fused-ring (bicyclic) bond motifs is 1. The Bertz CT molecular complexity index is 1030. The van der Waals surface area contributed by atoms with E-state index in [0.717, 1.165) is 12.1 Å². The number of halogens is 3. The van der Waals surface area contributed by atoms with Crippen molar-refractivity contribution in [3.8, 4) is 0 Å². The highest BCUT2D eigenvalue weighted by molar-refractivity contribution is 6.05. The van der Waals surface area contributed by atoms with E-state index in [1.165, 1.54) is 22.9 Å². The van der Waals surface area contributed by atoms with Crippen LogP contribution in [0.15, 0.2) is 35.1 Å². The van der Waals surface area contributed by atoms with Gasteiger partial charge in [-0.2, -0.15) is 13.2 Å². The molecule has 0 saturated heterocycles. The lowest BCUT2D eigenvalue weighted by Crippen LogP contribution is -2.24. The lowest BCUT2D eigenvalue weighted by atomic mass is 10.1. The highest BCUT2D eigenvalue weighted by atomic mass is 19.4. The SMILES string of the molecule is Cc1cc(C(=O)NCc2ccc(C(F)(F)F)cc2)c2c(=O)[nH]n(C)c2n1. The Balaban J connectivity index is 1.83. The van der Waals surface area contributed by atoms with Crippen LogP contribution in [0, 0.1) is 6.92 Å². The summed E-state index contributed by atoms with van der Waals surface area (Å²) in [7, 11) is 1.61. The average molecular weight is 364 g/mol. The molecular weight excluding hydrogens is 349 g/mol. The van der Waals surface area contributed by atoms with Crippen LogP contribution in [0.5, 0.6) is 0 Å². The van der Waals surface area contributed by atoms with Crippen LogP contribution in [0.3, 0.4) is 0 Å². The van der Waals surface area contributed by atoms with E-state index in [9.17, 15) is 22.8 Å². The lowest BCUT2D eigenvalue weighted by molar-refractivity contribution is -0.137. The number of aromatic amines is 1. The van der Waals surface area contributed by atoms with Crippen molar-refractivity contribution < 1.29 is 18.0 Å². The van der Waals surface area contributed by atoms with Crippen molar-refractivity contribution in [2.75, 3.05) is 0 Å². The number of aryl methyl sites for hydroxylation is 2. The van der Waals surface area contributed by atoms with Crippen LogP contribution in [0.1, 0.15) is 27.2 Å². The molecule has 0 bridgehead atoms. The predicted octanol–water partition coefficient (Wildman–Crippen LogP) is 2.52. The molecule has 26 heavy (non-hydrogen) atoms. The summed E-state index contributed by atoms with van der Waals surface area (Å²) >= 11 is 0. The number of amides is 1. The molecule has 0 aliphatic carbocycles. The van der Waals surface area contributed by atoms with Crippen molar-refractivity contribution in [3.63, 3.8) is 0 Å². The number of alkyl halides is 3. The van der Waals surface area contributed by atoms with Gasteiger partial charge in [0.05, 0.1) is 16.5 Å². The molecule has 0 fully saturated rings. The van der Waals surface area contributed by atoms with Gasteiger partial charge in [-0.25, -0.2) is 4.98 Å². The average Bonchev–Trinajstić information content (AvgIpc) is 2.85. The topological polar surface area (TPSA) is 79.8 Å². The summed E-state index contributed by atoms with van der Waals surface area (Å²) in [6.45, 7) is 1.73. The maximum atomic E-state index is 12.6. The van der Waals surface area contributed by atoms with E-state index >= 15 is 0 Å². The first-order valence-electron chi connectivity index (χ1n) is 7.67. The number of rotatable bonds is 3. The van der Waals surface area contributed by atoms with Gasteiger partial charge in [-0.15, -0.1) is 0 Å². The molecule has 0 radical (unpaired) electrons. The first-order valence-corrected chi connectivity index (χ1v) is 7.67. The molecule has 2 N–H and O–H groups in total. The largest absolute Gasteiger partial charge is 0.416 e. The Morgan fingerprint density at radius 1 is 1.27 bits per heavy atom. The van der Waals surface area contributed by atoms with E-state index in [2.05, 4.69) is 15.4 Å². The Morgan fingerprint density at radius 3 is 2.54 bits per heavy atom. The molecule has 6 nitrogen and oxygen atoms in total. The Hall–Kier alpha value is -3.10. The van der Waals surface area contributed by atoms with Gasteiger partial charge < -0.3 is 5.32 Å². The van der Waals surface area contributed by atoms with Gasteiger partial charge in [-0.1, -0.05) is 12.1 Å². The fourth-order valence-corrected chi connectivity index (χ4v) is 2.65. The van der Waals surface area contributed by atoms with Gasteiger partial charge in [0.15, 0.2) is 5.65 Å². The molecular formula is C17H15F3N4O2. The monoisotopic (exact) mass is 364 g/mol. The van der Waals surface area contributed by atoms with E-state index in [1.807, 2.05) is 0 Å². The van der Waals surface area contributed by atoms with Crippen molar-refractivity contribution in [3.05, 3.63) is 63.1 Å². The molecule has 0 aliphatic heterocycles. The third kappa shape index (κ3) is 3.32. The zero-order chi connectivity index (χ0) is 19.1.